The molecule has 0 spiro atoms. The van der Waals surface area contributed by atoms with E-state index >= 15 is 0 Å². The zero-order chi connectivity index (χ0) is 31.4. The van der Waals surface area contributed by atoms with E-state index in [4.69, 9.17) is 42.7 Å². The van der Waals surface area contributed by atoms with Crippen LogP contribution in [0, 0.1) is 11.3 Å². The van der Waals surface area contributed by atoms with Crippen LogP contribution in [0.4, 0.5) is 0 Å². The molecule has 4 aromatic rings. The molecule has 0 aliphatic carbocycles. The lowest BCUT2D eigenvalue weighted by Gasteiger charge is -2.25. The third-order valence-electron chi connectivity index (χ3n) is 6.81. The summed E-state index contributed by atoms with van der Waals surface area (Å²) < 4.78 is 19.1. The van der Waals surface area contributed by atoms with Crippen molar-refractivity contribution in [1.29, 1.82) is 5.26 Å². The zero-order valence-corrected chi connectivity index (χ0v) is 26.4. The maximum atomic E-state index is 14.0. The second kappa shape index (κ2) is 13.5. The first-order valence-electron chi connectivity index (χ1n) is 13.8. The molecule has 1 aromatic heterocycles. The SMILES string of the molecule is CCOC(=O)C1=C(C)N=c2s/c(=C\c3cc(Cl)c(OCc4ccc(C#N)cc4)c(OCC)c3)c(=O)n2[C@@H]1c1ccccc1Cl. The van der Waals surface area contributed by atoms with E-state index in [1.165, 1.54) is 15.9 Å². The second-order valence-electron chi connectivity index (χ2n) is 9.68. The van der Waals surface area contributed by atoms with Gasteiger partial charge in [0.15, 0.2) is 16.3 Å². The van der Waals surface area contributed by atoms with Gasteiger partial charge in [-0.15, -0.1) is 0 Å². The van der Waals surface area contributed by atoms with Crippen LogP contribution in [0.2, 0.25) is 10.0 Å². The summed E-state index contributed by atoms with van der Waals surface area (Å²) in [5.41, 5.74) is 2.98. The molecule has 0 saturated heterocycles. The Balaban J connectivity index is 1.57. The molecular formula is C33H27Cl2N3O5S. The topological polar surface area (TPSA) is 103 Å². The van der Waals surface area contributed by atoms with E-state index in [2.05, 4.69) is 11.1 Å². The van der Waals surface area contributed by atoms with Crippen molar-refractivity contribution in [1.82, 2.24) is 4.57 Å². The maximum absolute atomic E-state index is 14.0. The van der Waals surface area contributed by atoms with Crippen molar-refractivity contribution < 1.29 is 19.0 Å². The highest BCUT2D eigenvalue weighted by Crippen LogP contribution is 2.38. The summed E-state index contributed by atoms with van der Waals surface area (Å²) in [6.45, 7) is 6.04. The molecule has 1 aliphatic rings. The van der Waals surface area contributed by atoms with Gasteiger partial charge in [0.05, 0.1) is 45.7 Å². The number of allylic oxidation sites excluding steroid dienone is 1. The molecule has 1 atom stereocenters. The highest BCUT2D eigenvalue weighted by atomic mass is 35.5. The summed E-state index contributed by atoms with van der Waals surface area (Å²) in [7, 11) is 0. The molecule has 3 aromatic carbocycles. The van der Waals surface area contributed by atoms with Crippen LogP contribution in [0.25, 0.3) is 6.08 Å². The van der Waals surface area contributed by atoms with E-state index in [1.54, 1.807) is 68.5 Å². The van der Waals surface area contributed by atoms with Gasteiger partial charge in [-0.25, -0.2) is 9.79 Å². The molecule has 2 heterocycles. The maximum Gasteiger partial charge on any atom is 0.338 e. The molecule has 8 nitrogen and oxygen atoms in total. The summed E-state index contributed by atoms with van der Waals surface area (Å²) in [4.78, 5) is 32.1. The number of rotatable bonds is 9. The minimum atomic E-state index is -0.818. The zero-order valence-electron chi connectivity index (χ0n) is 24.1. The average Bonchev–Trinajstić information content (AvgIpc) is 3.30. The van der Waals surface area contributed by atoms with Crippen LogP contribution in [-0.4, -0.2) is 23.8 Å². The Morgan fingerprint density at radius 3 is 2.50 bits per heavy atom. The first-order valence-corrected chi connectivity index (χ1v) is 15.3. The van der Waals surface area contributed by atoms with Crippen molar-refractivity contribution in [3.8, 4) is 17.6 Å². The van der Waals surface area contributed by atoms with Crippen LogP contribution in [0.1, 0.15) is 49.1 Å². The van der Waals surface area contributed by atoms with Crippen molar-refractivity contribution in [3.05, 3.63) is 124 Å². The van der Waals surface area contributed by atoms with E-state index in [9.17, 15) is 9.59 Å². The van der Waals surface area contributed by atoms with Gasteiger partial charge >= 0.3 is 5.97 Å². The third-order valence-corrected chi connectivity index (χ3v) is 8.42. The molecule has 5 rings (SSSR count). The standard InChI is InChI=1S/C33H27Cl2N3O5S/c1-4-41-26-15-22(14-25(35)30(26)43-18-21-12-10-20(17-36)11-13-21)16-27-31(39)38-29(23-8-6-7-9-24(23)34)28(32(40)42-5-2)19(3)37-33(38)44-27/h6-16,29H,4-5,18H2,1-3H3/b27-16-/t29-/m1/s1. The molecule has 0 radical (unpaired) electrons. The Morgan fingerprint density at radius 1 is 1.07 bits per heavy atom. The highest BCUT2D eigenvalue weighted by Gasteiger charge is 2.34. The number of carbonyl (C=O) groups excluding carboxylic acids is 1. The summed E-state index contributed by atoms with van der Waals surface area (Å²) >= 11 is 14.5. The van der Waals surface area contributed by atoms with Crippen molar-refractivity contribution in [2.24, 2.45) is 4.99 Å². The average molecular weight is 649 g/mol. The summed E-state index contributed by atoms with van der Waals surface area (Å²) in [5, 5.41) is 9.75. The van der Waals surface area contributed by atoms with Gasteiger partial charge in [-0.1, -0.05) is 64.9 Å². The number of halogens is 2. The Hall–Kier alpha value is -4.36. The summed E-state index contributed by atoms with van der Waals surface area (Å²) in [6, 6.07) is 18.9. The molecule has 0 N–H and O–H groups in total. The van der Waals surface area contributed by atoms with Crippen LogP contribution in [0.3, 0.4) is 0 Å². The molecule has 1 aliphatic heterocycles. The Labute approximate surface area is 267 Å². The van der Waals surface area contributed by atoms with E-state index in [0.717, 1.165) is 5.56 Å². The fraction of sp³-hybridized carbons (Fsp3) is 0.212. The van der Waals surface area contributed by atoms with Gasteiger partial charge < -0.3 is 14.2 Å². The molecule has 44 heavy (non-hydrogen) atoms. The number of benzene rings is 3. The van der Waals surface area contributed by atoms with Crippen LogP contribution in [-0.2, 0) is 16.1 Å². The number of hydrogen-bond donors (Lipinski definition) is 0. The van der Waals surface area contributed by atoms with Gasteiger partial charge in [-0.2, -0.15) is 5.26 Å². The number of nitriles is 1. The molecule has 0 fully saturated rings. The van der Waals surface area contributed by atoms with E-state index in [-0.39, 0.29) is 24.3 Å². The fourth-order valence-corrected chi connectivity index (χ4v) is 6.40. The third kappa shape index (κ3) is 6.29. The van der Waals surface area contributed by atoms with Crippen LogP contribution >= 0.6 is 34.5 Å². The second-order valence-corrected chi connectivity index (χ2v) is 11.5. The Morgan fingerprint density at radius 2 is 1.82 bits per heavy atom. The fourth-order valence-electron chi connectivity index (χ4n) is 4.84. The quantitative estimate of drug-likeness (QED) is 0.208. The van der Waals surface area contributed by atoms with Crippen molar-refractivity contribution in [3.63, 3.8) is 0 Å². The van der Waals surface area contributed by atoms with E-state index < -0.39 is 12.0 Å². The van der Waals surface area contributed by atoms with Gasteiger partial charge in [0.2, 0.25) is 0 Å². The smallest absolute Gasteiger partial charge is 0.338 e. The summed E-state index contributed by atoms with van der Waals surface area (Å²) in [5.74, 6) is 0.227. The van der Waals surface area contributed by atoms with Crippen molar-refractivity contribution >= 4 is 46.6 Å². The highest BCUT2D eigenvalue weighted by molar-refractivity contribution is 7.07. The number of thiazole rings is 1. The Bertz CT molecular complexity index is 1990. The number of nitrogens with zero attached hydrogens (tertiary/aromatic N) is 3. The number of hydrogen-bond acceptors (Lipinski definition) is 8. The van der Waals surface area contributed by atoms with Gasteiger partial charge in [0.25, 0.3) is 5.56 Å². The number of carbonyl (C=O) groups is 1. The predicted molar refractivity (Wildman–Crippen MR) is 170 cm³/mol. The monoisotopic (exact) mass is 647 g/mol. The minimum absolute atomic E-state index is 0.172. The van der Waals surface area contributed by atoms with Crippen molar-refractivity contribution in [2.45, 2.75) is 33.4 Å². The number of fused-ring (bicyclic) bond motifs is 1. The van der Waals surface area contributed by atoms with Gasteiger partial charge in [-0.3, -0.25) is 9.36 Å². The lowest BCUT2D eigenvalue weighted by atomic mass is 9.96. The first kappa shape index (κ1) is 31.1. The number of aromatic nitrogens is 1. The summed E-state index contributed by atoms with van der Waals surface area (Å²) in [6.07, 6.45) is 1.70. The molecule has 11 heteroatoms. The van der Waals surface area contributed by atoms with E-state index in [0.29, 0.717) is 59.9 Å². The number of esters is 1. The van der Waals surface area contributed by atoms with Crippen LogP contribution in [0.15, 0.2) is 81.7 Å². The molecule has 0 unspecified atom stereocenters. The van der Waals surface area contributed by atoms with Crippen LogP contribution in [0.5, 0.6) is 11.5 Å². The van der Waals surface area contributed by atoms with Gasteiger partial charge in [-0.05, 0) is 73.9 Å². The Kier molecular flexibility index (Phi) is 9.55. The number of ether oxygens (including phenoxy) is 3. The first-order chi connectivity index (χ1) is 21.2. The predicted octanol–water partition coefficient (Wildman–Crippen LogP) is 5.95. The van der Waals surface area contributed by atoms with Gasteiger partial charge in [0.1, 0.15) is 12.6 Å². The lowest BCUT2D eigenvalue weighted by molar-refractivity contribution is -0.139. The molecule has 0 bridgehead atoms. The molecule has 0 saturated carbocycles. The van der Waals surface area contributed by atoms with Crippen LogP contribution < -0.4 is 24.4 Å². The molecular weight excluding hydrogens is 621 g/mol. The van der Waals surface area contributed by atoms with Crippen molar-refractivity contribution in [2.75, 3.05) is 13.2 Å². The van der Waals surface area contributed by atoms with Gasteiger partial charge in [0, 0.05) is 5.02 Å². The lowest BCUT2D eigenvalue weighted by Crippen LogP contribution is -2.40. The largest absolute Gasteiger partial charge is 0.490 e. The van der Waals surface area contributed by atoms with E-state index in [1.807, 2.05) is 19.1 Å². The molecule has 224 valence electrons. The molecule has 0 amide bonds. The normalized spacial score (nSPS) is 14.5. The minimum Gasteiger partial charge on any atom is -0.490 e.